The molecule has 1 aromatic heterocycles. The Bertz CT molecular complexity index is 1650. The van der Waals surface area contributed by atoms with E-state index in [-0.39, 0.29) is 11.7 Å². The number of hydrogen-bond acceptors (Lipinski definition) is 5. The molecule has 41 heavy (non-hydrogen) atoms. The number of rotatable bonds is 8. The van der Waals surface area contributed by atoms with Crippen LogP contribution in [0.15, 0.2) is 72.3 Å². The first-order chi connectivity index (χ1) is 19.9. The zero-order valence-electron chi connectivity index (χ0n) is 23.3. The van der Waals surface area contributed by atoms with E-state index in [9.17, 15) is 9.90 Å². The normalized spacial score (nSPS) is 17.5. The zero-order valence-corrected chi connectivity index (χ0v) is 24.1. The van der Waals surface area contributed by atoms with Gasteiger partial charge in [0.25, 0.3) is 0 Å². The van der Waals surface area contributed by atoms with Gasteiger partial charge in [0.2, 0.25) is 5.91 Å². The van der Waals surface area contributed by atoms with E-state index in [1.165, 1.54) is 30.4 Å². The summed E-state index contributed by atoms with van der Waals surface area (Å²) < 4.78 is 5.14. The molecule has 0 aliphatic heterocycles. The van der Waals surface area contributed by atoms with Crippen molar-refractivity contribution in [2.24, 2.45) is 5.92 Å². The highest BCUT2D eigenvalue weighted by Gasteiger charge is 2.33. The molecular weight excluding hydrogens is 534 g/mol. The average molecular weight is 568 g/mol. The van der Waals surface area contributed by atoms with Crippen LogP contribution in [0.1, 0.15) is 53.6 Å². The van der Waals surface area contributed by atoms with Gasteiger partial charge in [0.15, 0.2) is 11.5 Å². The van der Waals surface area contributed by atoms with Gasteiger partial charge in [-0.15, -0.1) is 0 Å². The van der Waals surface area contributed by atoms with Gasteiger partial charge in [0, 0.05) is 46.4 Å². The highest BCUT2D eigenvalue weighted by molar-refractivity contribution is 6.31. The molecule has 3 aromatic carbocycles. The molecule has 1 heterocycles. The van der Waals surface area contributed by atoms with Crippen LogP contribution in [0.3, 0.4) is 0 Å². The molecule has 0 spiro atoms. The Hall–Kier alpha value is -4.03. The van der Waals surface area contributed by atoms with Crippen LogP contribution < -0.4 is 15.4 Å². The minimum absolute atomic E-state index is 0.0643. The Morgan fingerprint density at radius 2 is 1.80 bits per heavy atom. The number of nitrogens with zero attached hydrogens (tertiary/aromatic N) is 1. The van der Waals surface area contributed by atoms with Gasteiger partial charge in [-0.05, 0) is 79.1 Å². The number of methoxy groups -OCH3 is 1. The first kappa shape index (κ1) is 27.2. The minimum atomic E-state index is -0.0643. The van der Waals surface area contributed by atoms with Crippen LogP contribution in [-0.2, 0) is 30.7 Å². The minimum Gasteiger partial charge on any atom is -0.504 e. The molecule has 6 nitrogen and oxygen atoms in total. The molecule has 0 unspecified atom stereocenters. The van der Waals surface area contributed by atoms with Crippen molar-refractivity contribution in [1.29, 1.82) is 0 Å². The summed E-state index contributed by atoms with van der Waals surface area (Å²) in [6.45, 7) is 3.28. The maximum Gasteiger partial charge on any atom is 0.224 e. The third kappa shape index (κ3) is 5.89. The summed E-state index contributed by atoms with van der Waals surface area (Å²) >= 11 is 6.35. The van der Waals surface area contributed by atoms with Crippen molar-refractivity contribution in [2.45, 2.75) is 51.6 Å². The third-order valence-electron chi connectivity index (χ3n) is 8.19. The Labute approximate surface area is 245 Å². The average Bonchev–Trinajstić information content (AvgIpc) is 2.95. The number of aromatic hydroxyl groups is 1. The molecule has 0 saturated heterocycles. The number of anilines is 1. The summed E-state index contributed by atoms with van der Waals surface area (Å²) in [6, 6.07) is 19.2. The van der Waals surface area contributed by atoms with E-state index in [4.69, 9.17) is 21.3 Å². The summed E-state index contributed by atoms with van der Waals surface area (Å²) in [6.07, 6.45) is 6.06. The lowest BCUT2D eigenvalue weighted by atomic mass is 9.71. The molecule has 6 rings (SSSR count). The lowest BCUT2D eigenvalue weighted by Gasteiger charge is -2.36. The lowest BCUT2D eigenvalue weighted by molar-refractivity contribution is -0.120. The molecule has 2 atom stereocenters. The molecular formula is C34H34ClN3O3. The standard InChI is InChI=1S/C34H34ClN3O3/c1-20-11-24-13-25(12-20)33-29(14-24)38-28-17-26(35)8-9-27(28)34(33)37-18-22-5-3-21(4-6-22)16-32(40)36-19-23-7-10-30(39)31(15-23)41-2/h3-10,12,15,17,24-25,39H,11,13-14,16,18-19H2,1-2H3,(H,36,40)(H,37,38)/t24-,25+/m0/s1. The fourth-order valence-electron chi connectivity index (χ4n) is 6.30. The summed E-state index contributed by atoms with van der Waals surface area (Å²) in [7, 11) is 1.50. The number of ether oxygens (including phenoxy) is 1. The van der Waals surface area contributed by atoms with Crippen LogP contribution in [0, 0.1) is 5.92 Å². The molecule has 7 heteroatoms. The zero-order chi connectivity index (χ0) is 28.5. The van der Waals surface area contributed by atoms with E-state index in [1.807, 2.05) is 24.3 Å². The van der Waals surface area contributed by atoms with Crippen LogP contribution in [0.25, 0.3) is 10.9 Å². The predicted molar refractivity (Wildman–Crippen MR) is 164 cm³/mol. The number of benzene rings is 3. The van der Waals surface area contributed by atoms with Gasteiger partial charge in [0.1, 0.15) is 0 Å². The van der Waals surface area contributed by atoms with Gasteiger partial charge in [-0.2, -0.15) is 0 Å². The predicted octanol–water partition coefficient (Wildman–Crippen LogP) is 7.07. The molecule has 0 saturated carbocycles. The van der Waals surface area contributed by atoms with E-state index in [2.05, 4.69) is 41.8 Å². The molecule has 2 aliphatic carbocycles. The molecule has 1 amide bonds. The Morgan fingerprint density at radius 3 is 2.61 bits per heavy atom. The van der Waals surface area contributed by atoms with Gasteiger partial charge in [-0.25, -0.2) is 0 Å². The second-order valence-electron chi connectivity index (χ2n) is 11.3. The van der Waals surface area contributed by atoms with Crippen molar-refractivity contribution in [3.63, 3.8) is 0 Å². The quantitative estimate of drug-likeness (QED) is 0.198. The molecule has 4 aromatic rings. The number of hydrogen-bond donors (Lipinski definition) is 3. The summed E-state index contributed by atoms with van der Waals surface area (Å²) in [5.74, 6) is 1.44. The van der Waals surface area contributed by atoms with Gasteiger partial charge < -0.3 is 20.5 Å². The lowest BCUT2D eigenvalue weighted by Crippen LogP contribution is -2.24. The second kappa shape index (κ2) is 11.5. The van der Waals surface area contributed by atoms with Crippen LogP contribution >= 0.6 is 11.6 Å². The van der Waals surface area contributed by atoms with Crippen LogP contribution in [0.5, 0.6) is 11.5 Å². The highest BCUT2D eigenvalue weighted by Crippen LogP contribution is 2.47. The van der Waals surface area contributed by atoms with Crippen LogP contribution in [0.2, 0.25) is 5.02 Å². The number of phenols is 1. The smallest absolute Gasteiger partial charge is 0.224 e. The van der Waals surface area contributed by atoms with E-state index < -0.39 is 0 Å². The van der Waals surface area contributed by atoms with E-state index >= 15 is 0 Å². The maximum absolute atomic E-state index is 12.6. The van der Waals surface area contributed by atoms with Gasteiger partial charge >= 0.3 is 0 Å². The van der Waals surface area contributed by atoms with Crippen molar-refractivity contribution in [3.05, 3.63) is 105 Å². The number of phenolic OH excluding ortho intramolecular Hbond substituents is 1. The number of allylic oxidation sites excluding steroid dienone is 2. The number of nitrogens with one attached hydrogen (secondary N) is 2. The second-order valence-corrected chi connectivity index (χ2v) is 11.7. The van der Waals surface area contributed by atoms with Crippen molar-refractivity contribution in [3.8, 4) is 11.5 Å². The summed E-state index contributed by atoms with van der Waals surface area (Å²) in [5, 5.41) is 18.3. The fourth-order valence-corrected chi connectivity index (χ4v) is 6.47. The van der Waals surface area contributed by atoms with Gasteiger partial charge in [-0.3, -0.25) is 9.78 Å². The Morgan fingerprint density at radius 1 is 1.02 bits per heavy atom. The number of carbonyl (C=O) groups is 1. The SMILES string of the molecule is COc1cc(CNC(=O)Cc2ccc(CNc3c4c(nc5cc(Cl)ccc35)C[C@H]3CC(C)=C[C@@H]4C3)cc2)ccc1O. The Balaban J connectivity index is 1.15. The van der Waals surface area contributed by atoms with Gasteiger partial charge in [-0.1, -0.05) is 53.6 Å². The van der Waals surface area contributed by atoms with Crippen molar-refractivity contribution >= 4 is 34.1 Å². The van der Waals surface area contributed by atoms with Gasteiger partial charge in [0.05, 0.1) is 19.0 Å². The summed E-state index contributed by atoms with van der Waals surface area (Å²) in [4.78, 5) is 17.7. The van der Waals surface area contributed by atoms with E-state index in [0.717, 1.165) is 46.1 Å². The number of pyridine rings is 1. The van der Waals surface area contributed by atoms with Crippen molar-refractivity contribution in [1.82, 2.24) is 10.3 Å². The van der Waals surface area contributed by atoms with E-state index in [1.54, 1.807) is 18.2 Å². The molecule has 210 valence electrons. The molecule has 0 radical (unpaired) electrons. The fraction of sp³-hybridized carbons (Fsp3) is 0.294. The van der Waals surface area contributed by atoms with Crippen molar-refractivity contribution < 1.29 is 14.6 Å². The third-order valence-corrected chi connectivity index (χ3v) is 8.43. The van der Waals surface area contributed by atoms with Crippen LogP contribution in [-0.4, -0.2) is 23.1 Å². The molecule has 2 bridgehead atoms. The topological polar surface area (TPSA) is 83.5 Å². The van der Waals surface area contributed by atoms with Crippen LogP contribution in [0.4, 0.5) is 5.69 Å². The first-order valence-electron chi connectivity index (χ1n) is 14.1. The number of carbonyl (C=O) groups excluding carboxylic acids is 1. The highest BCUT2D eigenvalue weighted by atomic mass is 35.5. The number of aromatic nitrogens is 1. The van der Waals surface area contributed by atoms with Crippen molar-refractivity contribution in [2.75, 3.05) is 12.4 Å². The number of fused-ring (bicyclic) bond motifs is 5. The molecule has 0 fully saturated rings. The summed E-state index contributed by atoms with van der Waals surface area (Å²) in [5.41, 5.74) is 9.04. The largest absolute Gasteiger partial charge is 0.504 e. The first-order valence-corrected chi connectivity index (χ1v) is 14.5. The molecule has 3 N–H and O–H groups in total. The number of amides is 1. The maximum atomic E-state index is 12.6. The monoisotopic (exact) mass is 567 g/mol. The van der Waals surface area contributed by atoms with E-state index in [0.29, 0.717) is 42.1 Å². The Kier molecular flexibility index (Phi) is 7.59. The molecule has 2 aliphatic rings. The number of halogens is 1.